The quantitative estimate of drug-likeness (QED) is 0.697. The molecule has 2 heterocycles. The molecule has 0 radical (unpaired) electrons. The second-order valence-corrected chi connectivity index (χ2v) is 7.46. The lowest BCUT2D eigenvalue weighted by Gasteiger charge is -2.11. The van der Waals surface area contributed by atoms with Gasteiger partial charge in [0.25, 0.3) is 5.91 Å². The second kappa shape index (κ2) is 7.36. The van der Waals surface area contributed by atoms with E-state index in [2.05, 4.69) is 10.4 Å². The molecule has 0 saturated heterocycles. The molecule has 6 nitrogen and oxygen atoms in total. The van der Waals surface area contributed by atoms with E-state index in [1.54, 1.807) is 23.0 Å². The third-order valence-electron chi connectivity index (χ3n) is 4.69. The summed E-state index contributed by atoms with van der Waals surface area (Å²) in [5.74, 6) is -0.635. The number of esters is 1. The average Bonchev–Trinajstić information content (AvgIpc) is 3.35. The van der Waals surface area contributed by atoms with Gasteiger partial charge in [-0.15, -0.1) is 11.3 Å². The Kier molecular flexibility index (Phi) is 4.77. The number of benzene rings is 1. The van der Waals surface area contributed by atoms with Gasteiger partial charge in [-0.1, -0.05) is 0 Å². The van der Waals surface area contributed by atoms with Crippen molar-refractivity contribution in [2.45, 2.75) is 25.7 Å². The van der Waals surface area contributed by atoms with Crippen LogP contribution in [-0.4, -0.2) is 28.8 Å². The minimum atomic E-state index is -0.390. The number of hydrogen-bond acceptors (Lipinski definition) is 5. The standard InChI is InChI=1S/C20H19N3O3S/c1-26-20(25)17-15-5-2-3-6-16(15)27-19(17)22-18(24)13-7-9-14(10-8-13)23-12-4-11-21-23/h4,7-12H,2-3,5-6H2,1H3,(H,22,24). The van der Waals surface area contributed by atoms with Crippen LogP contribution in [0.1, 0.15) is 44.0 Å². The molecule has 138 valence electrons. The van der Waals surface area contributed by atoms with Gasteiger partial charge in [0.15, 0.2) is 0 Å². The van der Waals surface area contributed by atoms with Crippen molar-refractivity contribution < 1.29 is 14.3 Å². The van der Waals surface area contributed by atoms with Crippen molar-refractivity contribution in [2.24, 2.45) is 0 Å². The zero-order valence-corrected chi connectivity index (χ0v) is 15.7. The second-order valence-electron chi connectivity index (χ2n) is 6.36. The van der Waals surface area contributed by atoms with E-state index < -0.39 is 5.97 Å². The van der Waals surface area contributed by atoms with Gasteiger partial charge < -0.3 is 10.1 Å². The zero-order valence-electron chi connectivity index (χ0n) is 14.9. The number of nitrogens with zero attached hydrogens (tertiary/aromatic N) is 2. The molecule has 1 N–H and O–H groups in total. The molecular weight excluding hydrogens is 362 g/mol. The highest BCUT2D eigenvalue weighted by Gasteiger charge is 2.27. The molecule has 27 heavy (non-hydrogen) atoms. The van der Waals surface area contributed by atoms with E-state index in [4.69, 9.17) is 4.74 Å². The van der Waals surface area contributed by atoms with Crippen molar-refractivity contribution in [1.29, 1.82) is 0 Å². The van der Waals surface area contributed by atoms with Gasteiger partial charge in [-0.25, -0.2) is 9.48 Å². The van der Waals surface area contributed by atoms with E-state index in [0.29, 0.717) is 16.1 Å². The first-order valence-corrected chi connectivity index (χ1v) is 9.63. The molecule has 3 aromatic rings. The van der Waals surface area contributed by atoms with E-state index in [0.717, 1.165) is 36.9 Å². The van der Waals surface area contributed by atoms with Crippen LogP contribution in [-0.2, 0) is 17.6 Å². The first kappa shape index (κ1) is 17.5. The molecule has 0 unspecified atom stereocenters. The van der Waals surface area contributed by atoms with Crippen LogP contribution in [0.15, 0.2) is 42.7 Å². The fourth-order valence-corrected chi connectivity index (χ4v) is 4.61. The Morgan fingerprint density at radius 1 is 1.19 bits per heavy atom. The largest absolute Gasteiger partial charge is 0.465 e. The Balaban J connectivity index is 1.59. The number of hydrogen-bond donors (Lipinski definition) is 1. The number of amides is 1. The molecule has 1 aliphatic rings. The number of nitrogens with one attached hydrogen (secondary N) is 1. The number of anilines is 1. The van der Waals surface area contributed by atoms with E-state index in [1.807, 2.05) is 24.4 Å². The number of carbonyl (C=O) groups excluding carboxylic acids is 2. The Bertz CT molecular complexity index is 975. The van der Waals surface area contributed by atoms with Gasteiger partial charge in [0.05, 0.1) is 18.4 Å². The maximum atomic E-state index is 12.7. The van der Waals surface area contributed by atoms with Crippen LogP contribution < -0.4 is 5.32 Å². The number of fused-ring (bicyclic) bond motifs is 1. The smallest absolute Gasteiger partial charge is 0.341 e. The van der Waals surface area contributed by atoms with Gasteiger partial charge in [0, 0.05) is 22.8 Å². The molecule has 1 aromatic carbocycles. The van der Waals surface area contributed by atoms with Crippen molar-refractivity contribution in [2.75, 3.05) is 12.4 Å². The Hall–Kier alpha value is -2.93. The average molecular weight is 381 g/mol. The molecule has 0 aliphatic heterocycles. The number of carbonyl (C=O) groups is 2. The highest BCUT2D eigenvalue weighted by atomic mass is 32.1. The molecule has 0 bridgehead atoms. The van der Waals surface area contributed by atoms with Gasteiger partial charge in [-0.2, -0.15) is 5.10 Å². The van der Waals surface area contributed by atoms with E-state index in [1.165, 1.54) is 23.3 Å². The highest BCUT2D eigenvalue weighted by molar-refractivity contribution is 7.17. The zero-order chi connectivity index (χ0) is 18.8. The highest BCUT2D eigenvalue weighted by Crippen LogP contribution is 2.38. The number of rotatable bonds is 4. The van der Waals surface area contributed by atoms with E-state index >= 15 is 0 Å². The fraction of sp³-hybridized carbons (Fsp3) is 0.250. The maximum absolute atomic E-state index is 12.7. The summed E-state index contributed by atoms with van der Waals surface area (Å²) in [5.41, 5.74) is 2.94. The van der Waals surface area contributed by atoms with Crippen LogP contribution >= 0.6 is 11.3 Å². The van der Waals surface area contributed by atoms with Gasteiger partial charge >= 0.3 is 5.97 Å². The van der Waals surface area contributed by atoms with Crippen LogP contribution in [0, 0.1) is 0 Å². The summed E-state index contributed by atoms with van der Waals surface area (Å²) in [6, 6.07) is 9.01. The number of methoxy groups -OCH3 is 1. The topological polar surface area (TPSA) is 73.2 Å². The van der Waals surface area contributed by atoms with E-state index in [9.17, 15) is 9.59 Å². The Morgan fingerprint density at radius 3 is 2.67 bits per heavy atom. The molecule has 0 atom stereocenters. The summed E-state index contributed by atoms with van der Waals surface area (Å²) in [4.78, 5) is 26.2. The lowest BCUT2D eigenvalue weighted by molar-refractivity contribution is 0.0601. The molecule has 0 fully saturated rings. The Labute approximate surface area is 160 Å². The molecule has 0 spiro atoms. The summed E-state index contributed by atoms with van der Waals surface area (Å²) >= 11 is 1.48. The molecule has 1 aliphatic carbocycles. The first-order chi connectivity index (χ1) is 13.2. The first-order valence-electron chi connectivity index (χ1n) is 8.81. The van der Waals surface area contributed by atoms with Crippen molar-refractivity contribution >= 4 is 28.2 Å². The van der Waals surface area contributed by atoms with Crippen molar-refractivity contribution in [1.82, 2.24) is 9.78 Å². The number of thiophene rings is 1. The van der Waals surface area contributed by atoms with Gasteiger partial charge in [0.1, 0.15) is 5.00 Å². The summed E-state index contributed by atoms with van der Waals surface area (Å²) in [5, 5.41) is 7.66. The van der Waals surface area contributed by atoms with Crippen LogP contribution in [0.5, 0.6) is 0 Å². The third-order valence-corrected chi connectivity index (χ3v) is 5.89. The summed E-state index contributed by atoms with van der Waals surface area (Å²) in [6.45, 7) is 0. The molecule has 1 amide bonds. The van der Waals surface area contributed by atoms with Crippen molar-refractivity contribution in [3.05, 3.63) is 64.3 Å². The maximum Gasteiger partial charge on any atom is 0.341 e. The normalized spacial score (nSPS) is 13.1. The molecule has 0 saturated carbocycles. The number of aromatic nitrogens is 2. The van der Waals surface area contributed by atoms with Crippen LogP contribution in [0.25, 0.3) is 5.69 Å². The predicted octanol–water partition coefficient (Wildman–Crippen LogP) is 3.85. The summed E-state index contributed by atoms with van der Waals surface area (Å²) < 4.78 is 6.68. The van der Waals surface area contributed by atoms with Gasteiger partial charge in [-0.05, 0) is 61.6 Å². The predicted molar refractivity (Wildman–Crippen MR) is 104 cm³/mol. The molecule has 2 aromatic heterocycles. The summed E-state index contributed by atoms with van der Waals surface area (Å²) in [7, 11) is 1.37. The van der Waals surface area contributed by atoms with Gasteiger partial charge in [-0.3, -0.25) is 4.79 Å². The Morgan fingerprint density at radius 2 is 1.96 bits per heavy atom. The monoisotopic (exact) mass is 381 g/mol. The van der Waals surface area contributed by atoms with Crippen molar-refractivity contribution in [3.8, 4) is 5.69 Å². The minimum absolute atomic E-state index is 0.245. The third kappa shape index (κ3) is 3.38. The van der Waals surface area contributed by atoms with Crippen LogP contribution in [0.2, 0.25) is 0 Å². The molecular formula is C20H19N3O3S. The molecule has 4 rings (SSSR count). The van der Waals surface area contributed by atoms with Crippen LogP contribution in [0.3, 0.4) is 0 Å². The fourth-order valence-electron chi connectivity index (χ4n) is 3.33. The SMILES string of the molecule is COC(=O)c1c(NC(=O)c2ccc(-n3cccn3)cc2)sc2c1CCCC2. The van der Waals surface area contributed by atoms with Gasteiger partial charge in [0.2, 0.25) is 0 Å². The minimum Gasteiger partial charge on any atom is -0.465 e. The number of aryl methyl sites for hydroxylation is 1. The van der Waals surface area contributed by atoms with Crippen LogP contribution in [0.4, 0.5) is 5.00 Å². The lowest BCUT2D eigenvalue weighted by Crippen LogP contribution is -2.15. The van der Waals surface area contributed by atoms with Crippen molar-refractivity contribution in [3.63, 3.8) is 0 Å². The number of ether oxygens (including phenoxy) is 1. The molecule has 7 heteroatoms. The lowest BCUT2D eigenvalue weighted by atomic mass is 9.95. The summed E-state index contributed by atoms with van der Waals surface area (Å²) in [6.07, 6.45) is 7.50. The van der Waals surface area contributed by atoms with E-state index in [-0.39, 0.29) is 5.91 Å².